The fourth-order valence-corrected chi connectivity index (χ4v) is 3.81. The number of methoxy groups -OCH3 is 3. The lowest BCUT2D eigenvalue weighted by molar-refractivity contribution is 0.0678. The summed E-state index contributed by atoms with van der Waals surface area (Å²) in [5.41, 5.74) is 2.56. The van der Waals surface area contributed by atoms with Gasteiger partial charge in [-0.1, -0.05) is 23.8 Å². The van der Waals surface area contributed by atoms with Gasteiger partial charge in [0.2, 0.25) is 5.75 Å². The Morgan fingerprint density at radius 3 is 2.34 bits per heavy atom. The fraction of sp³-hybridized carbons (Fsp3) is 0.333. The molecule has 7 nitrogen and oxygen atoms in total. The number of para-hydroxylation sites is 1. The molecule has 1 amide bonds. The van der Waals surface area contributed by atoms with Crippen molar-refractivity contribution in [3.8, 4) is 17.2 Å². The zero-order valence-corrected chi connectivity index (χ0v) is 19.6. The predicted molar refractivity (Wildman–Crippen MR) is 124 cm³/mol. The van der Waals surface area contributed by atoms with E-state index < -0.39 is 0 Å². The van der Waals surface area contributed by atoms with Crippen molar-refractivity contribution in [1.82, 2.24) is 9.88 Å². The van der Waals surface area contributed by atoms with Crippen LogP contribution >= 0.6 is 11.3 Å². The van der Waals surface area contributed by atoms with E-state index in [0.29, 0.717) is 42.5 Å². The van der Waals surface area contributed by atoms with Gasteiger partial charge in [0.15, 0.2) is 11.5 Å². The number of benzene rings is 2. The van der Waals surface area contributed by atoms with Gasteiger partial charge < -0.3 is 23.8 Å². The van der Waals surface area contributed by atoms with Crippen LogP contribution in [0.5, 0.6) is 17.2 Å². The summed E-state index contributed by atoms with van der Waals surface area (Å²) < 4.78 is 21.9. The molecule has 0 saturated heterocycles. The Morgan fingerprint density at radius 2 is 1.72 bits per heavy atom. The molecule has 0 aliphatic heterocycles. The van der Waals surface area contributed by atoms with Crippen LogP contribution in [0.2, 0.25) is 0 Å². The van der Waals surface area contributed by atoms with Crippen LogP contribution in [0.25, 0.3) is 0 Å². The minimum Gasteiger partial charge on any atom is -0.493 e. The zero-order chi connectivity index (χ0) is 22.9. The molecule has 0 unspecified atom stereocenters. The third-order valence-corrected chi connectivity index (χ3v) is 5.70. The van der Waals surface area contributed by atoms with E-state index in [2.05, 4.69) is 4.98 Å². The quantitative estimate of drug-likeness (QED) is 0.428. The van der Waals surface area contributed by atoms with Crippen LogP contribution in [0.15, 0.2) is 47.8 Å². The molecule has 0 N–H and O–H groups in total. The fourth-order valence-electron chi connectivity index (χ4n) is 3.11. The van der Waals surface area contributed by atoms with Crippen LogP contribution in [-0.2, 0) is 17.9 Å². The lowest BCUT2D eigenvalue weighted by Crippen LogP contribution is -2.33. The van der Waals surface area contributed by atoms with Crippen molar-refractivity contribution in [1.29, 1.82) is 0 Å². The normalized spacial score (nSPS) is 10.6. The van der Waals surface area contributed by atoms with Crippen molar-refractivity contribution < 1.29 is 23.7 Å². The highest BCUT2D eigenvalue weighted by Gasteiger charge is 2.18. The van der Waals surface area contributed by atoms with E-state index >= 15 is 0 Å². The summed E-state index contributed by atoms with van der Waals surface area (Å²) in [7, 11) is 4.80. The van der Waals surface area contributed by atoms with Gasteiger partial charge in [0.1, 0.15) is 11.6 Å². The first-order valence-corrected chi connectivity index (χ1v) is 11.1. The minimum atomic E-state index is -0.0494. The summed E-state index contributed by atoms with van der Waals surface area (Å²) in [6.45, 7) is 3.59. The number of carbonyl (C=O) groups excluding carboxylic acids is 1. The largest absolute Gasteiger partial charge is 0.493 e. The maximum atomic E-state index is 13.0. The van der Waals surface area contributed by atoms with Crippen molar-refractivity contribution in [2.45, 2.75) is 20.1 Å². The van der Waals surface area contributed by atoms with Crippen molar-refractivity contribution >= 4 is 17.2 Å². The second-order valence-electron chi connectivity index (χ2n) is 7.10. The van der Waals surface area contributed by atoms with Crippen LogP contribution in [0.1, 0.15) is 26.6 Å². The van der Waals surface area contributed by atoms with E-state index in [1.807, 2.05) is 54.8 Å². The Balaban J connectivity index is 1.69. The summed E-state index contributed by atoms with van der Waals surface area (Å²) in [6.07, 6.45) is 0. The maximum Gasteiger partial charge on any atom is 0.254 e. The van der Waals surface area contributed by atoms with Crippen LogP contribution in [0.4, 0.5) is 0 Å². The summed E-state index contributed by atoms with van der Waals surface area (Å²) in [4.78, 5) is 19.4. The molecule has 1 aromatic heterocycles. The van der Waals surface area contributed by atoms with Crippen LogP contribution in [0, 0.1) is 6.92 Å². The smallest absolute Gasteiger partial charge is 0.254 e. The zero-order valence-electron chi connectivity index (χ0n) is 18.8. The lowest BCUT2D eigenvalue weighted by Gasteiger charge is -2.21. The molecule has 0 bridgehead atoms. The van der Waals surface area contributed by atoms with Gasteiger partial charge in [-0.2, -0.15) is 0 Å². The standard InChI is InChI=1S/C24H28N2O5S/c1-17-8-10-18(11-9-17)24(27)26(12-13-28-2)14-19-16-32-22(25-19)15-31-23-20(29-3)6-5-7-21(23)30-4/h5-11,16H,12-15H2,1-4H3. The number of nitrogens with zero attached hydrogens (tertiary/aromatic N) is 2. The number of rotatable bonds is 11. The molecule has 1 heterocycles. The number of aryl methyl sites for hydroxylation is 1. The molecule has 0 saturated carbocycles. The molecule has 0 fully saturated rings. The Bertz CT molecular complexity index is 997. The molecule has 32 heavy (non-hydrogen) atoms. The highest BCUT2D eigenvalue weighted by atomic mass is 32.1. The van der Waals surface area contributed by atoms with Crippen molar-refractivity contribution in [3.63, 3.8) is 0 Å². The second kappa shape index (κ2) is 11.5. The minimum absolute atomic E-state index is 0.0494. The third-order valence-electron chi connectivity index (χ3n) is 4.83. The third kappa shape index (κ3) is 5.99. The molecule has 2 aromatic carbocycles. The summed E-state index contributed by atoms with van der Waals surface area (Å²) in [5.74, 6) is 1.67. The number of aromatic nitrogens is 1. The number of hydrogen-bond donors (Lipinski definition) is 0. The van der Waals surface area contributed by atoms with Gasteiger partial charge in [0, 0.05) is 24.6 Å². The van der Waals surface area contributed by atoms with Crippen LogP contribution in [-0.4, -0.2) is 50.3 Å². The summed E-state index contributed by atoms with van der Waals surface area (Å²) in [6, 6.07) is 13.0. The Morgan fingerprint density at radius 1 is 1.03 bits per heavy atom. The molecule has 8 heteroatoms. The summed E-state index contributed by atoms with van der Waals surface area (Å²) >= 11 is 1.48. The molecule has 0 radical (unpaired) electrons. The molecule has 0 aliphatic carbocycles. The molecule has 0 spiro atoms. The number of thiazole rings is 1. The maximum absolute atomic E-state index is 13.0. The van der Waals surface area contributed by atoms with E-state index in [1.54, 1.807) is 26.2 Å². The number of carbonyl (C=O) groups is 1. The average Bonchev–Trinajstić information content (AvgIpc) is 3.27. The van der Waals surface area contributed by atoms with E-state index in [4.69, 9.17) is 18.9 Å². The highest BCUT2D eigenvalue weighted by molar-refractivity contribution is 7.09. The SMILES string of the molecule is COCCN(Cc1csc(COc2c(OC)cccc2OC)n1)C(=O)c1ccc(C)cc1. The molecule has 3 aromatic rings. The van der Waals surface area contributed by atoms with Crippen LogP contribution < -0.4 is 14.2 Å². The summed E-state index contributed by atoms with van der Waals surface area (Å²) in [5, 5.41) is 2.74. The predicted octanol–water partition coefficient (Wildman–Crippen LogP) is 4.34. The van der Waals surface area contributed by atoms with Gasteiger partial charge in [-0.05, 0) is 31.2 Å². The number of hydrogen-bond acceptors (Lipinski definition) is 7. The topological polar surface area (TPSA) is 70.1 Å². The Labute approximate surface area is 192 Å². The monoisotopic (exact) mass is 456 g/mol. The van der Waals surface area contributed by atoms with Crippen molar-refractivity contribution in [2.75, 3.05) is 34.5 Å². The van der Waals surface area contributed by atoms with Gasteiger partial charge in [-0.25, -0.2) is 4.98 Å². The van der Waals surface area contributed by atoms with E-state index in [0.717, 1.165) is 16.3 Å². The number of amides is 1. The number of ether oxygens (including phenoxy) is 4. The first-order chi connectivity index (χ1) is 15.5. The first kappa shape index (κ1) is 23.6. The molecular formula is C24H28N2O5S. The van der Waals surface area contributed by atoms with E-state index in [1.165, 1.54) is 11.3 Å². The van der Waals surface area contributed by atoms with Crippen molar-refractivity contribution in [3.05, 3.63) is 69.7 Å². The average molecular weight is 457 g/mol. The molecule has 170 valence electrons. The van der Waals surface area contributed by atoms with Crippen molar-refractivity contribution in [2.24, 2.45) is 0 Å². The van der Waals surface area contributed by atoms with Gasteiger partial charge in [0.25, 0.3) is 5.91 Å². The molecule has 3 rings (SSSR count). The van der Waals surface area contributed by atoms with Crippen LogP contribution in [0.3, 0.4) is 0 Å². The van der Waals surface area contributed by atoms with E-state index in [9.17, 15) is 4.79 Å². The molecule has 0 aliphatic rings. The Hall–Kier alpha value is -3.10. The Kier molecular flexibility index (Phi) is 8.47. The van der Waals surface area contributed by atoms with Gasteiger partial charge in [0.05, 0.1) is 33.1 Å². The molecular weight excluding hydrogens is 428 g/mol. The van der Waals surface area contributed by atoms with Gasteiger partial charge >= 0.3 is 0 Å². The highest BCUT2D eigenvalue weighted by Crippen LogP contribution is 2.37. The second-order valence-corrected chi connectivity index (χ2v) is 8.04. The van der Waals surface area contributed by atoms with E-state index in [-0.39, 0.29) is 12.5 Å². The van der Waals surface area contributed by atoms with Gasteiger partial charge in [-0.3, -0.25) is 4.79 Å². The first-order valence-electron chi connectivity index (χ1n) is 10.2. The lowest BCUT2D eigenvalue weighted by atomic mass is 10.1. The van der Waals surface area contributed by atoms with Gasteiger partial charge in [-0.15, -0.1) is 11.3 Å². The molecule has 0 atom stereocenters.